The molecule has 0 bridgehead atoms. The van der Waals surface area contributed by atoms with Crippen molar-refractivity contribution in [2.45, 2.75) is 0 Å². The molecule has 0 unspecified atom stereocenters. The number of rotatable bonds is 2. The lowest BCUT2D eigenvalue weighted by molar-refractivity contribution is -0.384. The van der Waals surface area contributed by atoms with E-state index in [0.29, 0.717) is 0 Å². The molecule has 1 aromatic heterocycles. The van der Waals surface area contributed by atoms with E-state index >= 15 is 0 Å². The Morgan fingerprint density at radius 2 is 2.25 bits per heavy atom. The van der Waals surface area contributed by atoms with Gasteiger partial charge in [0.25, 0.3) is 16.9 Å². The first kappa shape index (κ1) is 10.5. The maximum Gasteiger partial charge on any atom is 0.282 e. The van der Waals surface area contributed by atoms with Crippen molar-refractivity contribution in [1.29, 1.82) is 0 Å². The molecule has 82 valence electrons. The Hall–Kier alpha value is -2.02. The summed E-state index contributed by atoms with van der Waals surface area (Å²) in [6.45, 7) is 0. The van der Waals surface area contributed by atoms with E-state index in [-0.39, 0.29) is 22.4 Å². The predicted molar refractivity (Wildman–Crippen MR) is 51.4 cm³/mol. The molecular formula is C8H3ClFN3O3. The van der Waals surface area contributed by atoms with Gasteiger partial charge in [0.1, 0.15) is 11.4 Å². The molecule has 2 rings (SSSR count). The Morgan fingerprint density at radius 3 is 2.81 bits per heavy atom. The number of benzene rings is 1. The summed E-state index contributed by atoms with van der Waals surface area (Å²) in [4.78, 5) is 13.6. The topological polar surface area (TPSA) is 82.1 Å². The summed E-state index contributed by atoms with van der Waals surface area (Å²) in [6, 6.07) is 2.92. The van der Waals surface area contributed by atoms with Crippen molar-refractivity contribution in [3.63, 3.8) is 0 Å². The van der Waals surface area contributed by atoms with Gasteiger partial charge < -0.3 is 4.52 Å². The Labute approximate surface area is 92.8 Å². The molecule has 0 saturated carbocycles. The van der Waals surface area contributed by atoms with Gasteiger partial charge in [0.05, 0.1) is 4.92 Å². The van der Waals surface area contributed by atoms with Gasteiger partial charge in [-0.25, -0.2) is 4.39 Å². The van der Waals surface area contributed by atoms with E-state index in [4.69, 9.17) is 11.6 Å². The number of halogens is 2. The fraction of sp³-hybridized carbons (Fsp3) is 0. The molecule has 1 aromatic carbocycles. The molecule has 0 saturated heterocycles. The second-order valence-electron chi connectivity index (χ2n) is 2.79. The number of nitro benzene ring substituents is 1. The number of nitrogens with zero attached hydrogens (tertiary/aromatic N) is 3. The highest BCUT2D eigenvalue weighted by atomic mass is 35.5. The number of nitro groups is 1. The SMILES string of the molecule is O=[N+]([O-])c1ccc(F)cc1-c1nc(Cl)no1. The summed E-state index contributed by atoms with van der Waals surface area (Å²) in [5.41, 5.74) is -0.439. The predicted octanol–water partition coefficient (Wildman–Crippen LogP) is 2.44. The summed E-state index contributed by atoms with van der Waals surface area (Å²) in [7, 11) is 0. The van der Waals surface area contributed by atoms with Crippen molar-refractivity contribution in [2.24, 2.45) is 0 Å². The fourth-order valence-corrected chi connectivity index (χ4v) is 1.26. The zero-order valence-corrected chi connectivity index (χ0v) is 8.31. The minimum Gasteiger partial charge on any atom is -0.332 e. The third-order valence-corrected chi connectivity index (χ3v) is 1.94. The third kappa shape index (κ3) is 1.84. The smallest absolute Gasteiger partial charge is 0.282 e. The molecule has 0 aliphatic heterocycles. The first-order valence-electron chi connectivity index (χ1n) is 4.01. The van der Waals surface area contributed by atoms with Crippen molar-refractivity contribution >= 4 is 17.3 Å². The molecule has 0 radical (unpaired) electrons. The van der Waals surface area contributed by atoms with E-state index in [1.807, 2.05) is 0 Å². The first-order chi connectivity index (χ1) is 7.58. The minimum atomic E-state index is -0.674. The average molecular weight is 244 g/mol. The summed E-state index contributed by atoms with van der Waals surface area (Å²) in [5, 5.41) is 13.7. The second kappa shape index (κ2) is 3.86. The number of hydrogen-bond donors (Lipinski definition) is 0. The molecule has 2 aromatic rings. The third-order valence-electron chi connectivity index (χ3n) is 1.79. The van der Waals surface area contributed by atoms with Crippen molar-refractivity contribution < 1.29 is 13.8 Å². The Bertz CT molecular complexity index is 557. The van der Waals surface area contributed by atoms with Gasteiger partial charge in [-0.3, -0.25) is 10.1 Å². The van der Waals surface area contributed by atoms with Crippen molar-refractivity contribution in [3.05, 3.63) is 39.4 Å². The molecule has 0 amide bonds. The van der Waals surface area contributed by atoms with Crippen LogP contribution in [-0.4, -0.2) is 15.1 Å². The highest BCUT2D eigenvalue weighted by Gasteiger charge is 2.20. The van der Waals surface area contributed by atoms with E-state index in [0.717, 1.165) is 18.2 Å². The molecule has 16 heavy (non-hydrogen) atoms. The van der Waals surface area contributed by atoms with Crippen LogP contribution in [-0.2, 0) is 0 Å². The molecule has 0 aliphatic carbocycles. The maximum absolute atomic E-state index is 13.0. The van der Waals surface area contributed by atoms with Gasteiger partial charge in [-0.1, -0.05) is 0 Å². The molecule has 0 fully saturated rings. The van der Waals surface area contributed by atoms with Crippen LogP contribution in [0.15, 0.2) is 22.7 Å². The molecule has 0 N–H and O–H groups in total. The quantitative estimate of drug-likeness (QED) is 0.598. The summed E-state index contributed by atoms with van der Waals surface area (Å²) in [5.74, 6) is -0.842. The summed E-state index contributed by atoms with van der Waals surface area (Å²) < 4.78 is 17.6. The van der Waals surface area contributed by atoms with Gasteiger partial charge in [-0.15, -0.1) is 0 Å². The van der Waals surface area contributed by atoms with Crippen LogP contribution in [0.5, 0.6) is 0 Å². The lowest BCUT2D eigenvalue weighted by Gasteiger charge is -1.97. The fourth-order valence-electron chi connectivity index (χ4n) is 1.15. The van der Waals surface area contributed by atoms with E-state index in [2.05, 4.69) is 14.7 Å². The zero-order valence-electron chi connectivity index (χ0n) is 7.55. The standard InChI is InChI=1S/C8H3ClFN3O3/c9-8-11-7(16-12-8)5-3-4(10)1-2-6(5)13(14)15/h1-3H. The van der Waals surface area contributed by atoms with Crippen molar-refractivity contribution in [3.8, 4) is 11.5 Å². The highest BCUT2D eigenvalue weighted by Crippen LogP contribution is 2.29. The minimum absolute atomic E-state index is 0.107. The molecule has 0 aliphatic rings. The van der Waals surface area contributed by atoms with Crippen LogP contribution < -0.4 is 0 Å². The van der Waals surface area contributed by atoms with Gasteiger partial charge >= 0.3 is 0 Å². The van der Waals surface area contributed by atoms with Gasteiger partial charge in [0, 0.05) is 6.07 Å². The summed E-state index contributed by atoms with van der Waals surface area (Å²) in [6.07, 6.45) is 0. The van der Waals surface area contributed by atoms with Crippen molar-refractivity contribution in [2.75, 3.05) is 0 Å². The molecular weight excluding hydrogens is 241 g/mol. The van der Waals surface area contributed by atoms with Crippen LogP contribution in [0, 0.1) is 15.9 Å². The normalized spacial score (nSPS) is 10.4. The molecule has 6 nitrogen and oxygen atoms in total. The lowest BCUT2D eigenvalue weighted by Crippen LogP contribution is -1.93. The largest absolute Gasteiger partial charge is 0.332 e. The lowest BCUT2D eigenvalue weighted by atomic mass is 10.2. The van der Waals surface area contributed by atoms with E-state index in [1.54, 1.807) is 0 Å². The Kier molecular flexibility index (Phi) is 2.53. The molecule has 0 spiro atoms. The van der Waals surface area contributed by atoms with Gasteiger partial charge in [-0.2, -0.15) is 4.98 Å². The van der Waals surface area contributed by atoms with E-state index in [1.165, 1.54) is 0 Å². The number of aromatic nitrogens is 2. The molecule has 1 heterocycles. The number of hydrogen-bond acceptors (Lipinski definition) is 5. The maximum atomic E-state index is 13.0. The molecule has 0 atom stereocenters. The Morgan fingerprint density at radius 1 is 1.50 bits per heavy atom. The van der Waals surface area contributed by atoms with Crippen LogP contribution in [0.2, 0.25) is 5.28 Å². The van der Waals surface area contributed by atoms with Crippen molar-refractivity contribution in [1.82, 2.24) is 10.1 Å². The van der Waals surface area contributed by atoms with Crippen LogP contribution in [0.3, 0.4) is 0 Å². The van der Waals surface area contributed by atoms with E-state index in [9.17, 15) is 14.5 Å². The van der Waals surface area contributed by atoms with Crippen LogP contribution in [0.4, 0.5) is 10.1 Å². The molecule has 8 heteroatoms. The second-order valence-corrected chi connectivity index (χ2v) is 3.13. The average Bonchev–Trinajstić information content (AvgIpc) is 2.64. The van der Waals surface area contributed by atoms with Crippen LogP contribution in [0.1, 0.15) is 0 Å². The van der Waals surface area contributed by atoms with Gasteiger partial charge in [-0.05, 0) is 28.9 Å². The van der Waals surface area contributed by atoms with Crippen LogP contribution in [0.25, 0.3) is 11.5 Å². The van der Waals surface area contributed by atoms with Crippen LogP contribution >= 0.6 is 11.6 Å². The monoisotopic (exact) mass is 243 g/mol. The van der Waals surface area contributed by atoms with Gasteiger partial charge in [0.15, 0.2) is 0 Å². The first-order valence-corrected chi connectivity index (χ1v) is 4.39. The van der Waals surface area contributed by atoms with Gasteiger partial charge in [0.2, 0.25) is 0 Å². The zero-order chi connectivity index (χ0) is 11.7. The summed E-state index contributed by atoms with van der Waals surface area (Å²) >= 11 is 5.40. The highest BCUT2D eigenvalue weighted by molar-refractivity contribution is 6.28. The Balaban J connectivity index is 2.62. The van der Waals surface area contributed by atoms with E-state index < -0.39 is 10.7 Å².